The van der Waals surface area contributed by atoms with Crippen molar-refractivity contribution in [3.8, 4) is 0 Å². The van der Waals surface area contributed by atoms with Crippen molar-refractivity contribution in [3.63, 3.8) is 0 Å². The van der Waals surface area contributed by atoms with Gasteiger partial charge in [0, 0.05) is 0 Å². The van der Waals surface area contributed by atoms with E-state index < -0.39 is 0 Å². The lowest BCUT2D eigenvalue weighted by molar-refractivity contribution is 0.239. The van der Waals surface area contributed by atoms with Gasteiger partial charge in [-0.05, 0) is 37.0 Å². The van der Waals surface area contributed by atoms with Gasteiger partial charge in [-0.2, -0.15) is 0 Å². The predicted molar refractivity (Wildman–Crippen MR) is 43.8 cm³/mol. The fraction of sp³-hybridized carbons (Fsp3) is 0.800. The Hall–Kier alpha value is -0.260. The van der Waals surface area contributed by atoms with E-state index in [1.54, 1.807) is 0 Å². The highest BCUT2D eigenvalue weighted by Gasteiger charge is 2.37. The minimum Gasteiger partial charge on any atom is -0.0882 e. The third kappa shape index (κ3) is 0.817. The lowest BCUT2D eigenvalue weighted by Crippen LogP contribution is -2.22. The zero-order valence-corrected chi connectivity index (χ0v) is 6.77. The molecule has 0 spiro atoms. The number of allylic oxidation sites excluding steroid dienone is 2. The number of rotatable bonds is 0. The first-order chi connectivity index (χ1) is 4.81. The average Bonchev–Trinajstić information content (AvgIpc) is 2.29. The van der Waals surface area contributed by atoms with Crippen LogP contribution in [0.4, 0.5) is 0 Å². The molecule has 0 aliphatic heterocycles. The number of fused-ring (bicyclic) bond motifs is 1. The quantitative estimate of drug-likeness (QED) is 0.449. The summed E-state index contributed by atoms with van der Waals surface area (Å²) >= 11 is 0. The summed E-state index contributed by atoms with van der Waals surface area (Å²) in [5.41, 5.74) is 0.703. The van der Waals surface area contributed by atoms with Crippen LogP contribution in [0.1, 0.15) is 39.0 Å². The Bertz CT molecular complexity index is 157. The predicted octanol–water partition coefficient (Wildman–Crippen LogP) is 3.14. The molecular formula is C10H16. The zero-order chi connectivity index (χ0) is 7.03. The standard InChI is InChI=1S/C10H16/c1-10-7-3-2-5-9(10)6-4-8-10/h2,5,9H,3-4,6-8H2,1H3/t9-,10-/m1/s1. The molecule has 0 aromatic carbocycles. The van der Waals surface area contributed by atoms with E-state index in [0.717, 1.165) is 5.92 Å². The van der Waals surface area contributed by atoms with Crippen molar-refractivity contribution in [1.82, 2.24) is 0 Å². The highest BCUT2D eigenvalue weighted by atomic mass is 14.4. The monoisotopic (exact) mass is 136 g/mol. The molecule has 56 valence electrons. The van der Waals surface area contributed by atoms with Gasteiger partial charge in [-0.1, -0.05) is 25.5 Å². The Balaban J connectivity index is 2.22. The SMILES string of the molecule is C[C@]12CCC=C[C@@H]1CCC2. The summed E-state index contributed by atoms with van der Waals surface area (Å²) in [5, 5.41) is 0. The summed E-state index contributed by atoms with van der Waals surface area (Å²) in [6.07, 6.45) is 12.0. The van der Waals surface area contributed by atoms with Crippen LogP contribution in [-0.4, -0.2) is 0 Å². The molecule has 0 amide bonds. The second kappa shape index (κ2) is 2.11. The lowest BCUT2D eigenvalue weighted by Gasteiger charge is -2.32. The van der Waals surface area contributed by atoms with Gasteiger partial charge in [0.2, 0.25) is 0 Å². The molecule has 2 atom stereocenters. The van der Waals surface area contributed by atoms with Crippen LogP contribution in [0.25, 0.3) is 0 Å². The molecule has 2 rings (SSSR count). The van der Waals surface area contributed by atoms with Gasteiger partial charge < -0.3 is 0 Å². The Labute approximate surface area is 63.3 Å². The van der Waals surface area contributed by atoms with E-state index in [1.807, 2.05) is 0 Å². The van der Waals surface area contributed by atoms with E-state index in [-0.39, 0.29) is 0 Å². The zero-order valence-electron chi connectivity index (χ0n) is 6.77. The normalized spacial score (nSPS) is 45.5. The van der Waals surface area contributed by atoms with Crippen LogP contribution in [0.2, 0.25) is 0 Å². The minimum atomic E-state index is 0.703. The van der Waals surface area contributed by atoms with Crippen LogP contribution in [-0.2, 0) is 0 Å². The summed E-state index contributed by atoms with van der Waals surface area (Å²) in [4.78, 5) is 0. The molecule has 0 nitrogen and oxygen atoms in total. The van der Waals surface area contributed by atoms with Gasteiger partial charge in [-0.15, -0.1) is 0 Å². The molecule has 0 aromatic heterocycles. The number of hydrogen-bond acceptors (Lipinski definition) is 0. The van der Waals surface area contributed by atoms with Crippen LogP contribution in [0.5, 0.6) is 0 Å². The van der Waals surface area contributed by atoms with Gasteiger partial charge in [-0.3, -0.25) is 0 Å². The fourth-order valence-electron chi connectivity index (χ4n) is 2.57. The van der Waals surface area contributed by atoms with Crippen molar-refractivity contribution < 1.29 is 0 Å². The molecule has 1 saturated carbocycles. The maximum Gasteiger partial charge on any atom is -0.0179 e. The van der Waals surface area contributed by atoms with Crippen molar-refractivity contribution in [3.05, 3.63) is 12.2 Å². The van der Waals surface area contributed by atoms with Crippen molar-refractivity contribution in [2.24, 2.45) is 11.3 Å². The van der Waals surface area contributed by atoms with E-state index in [9.17, 15) is 0 Å². The molecule has 0 saturated heterocycles. The minimum absolute atomic E-state index is 0.703. The molecule has 0 radical (unpaired) electrons. The van der Waals surface area contributed by atoms with Gasteiger partial charge in [0.05, 0.1) is 0 Å². The second-order valence-corrected chi connectivity index (χ2v) is 4.12. The van der Waals surface area contributed by atoms with Crippen molar-refractivity contribution >= 4 is 0 Å². The molecule has 10 heavy (non-hydrogen) atoms. The van der Waals surface area contributed by atoms with Gasteiger partial charge >= 0.3 is 0 Å². The number of hydrogen-bond donors (Lipinski definition) is 0. The van der Waals surface area contributed by atoms with Crippen molar-refractivity contribution in [1.29, 1.82) is 0 Å². The molecule has 0 bridgehead atoms. The first kappa shape index (κ1) is 6.45. The first-order valence-corrected chi connectivity index (χ1v) is 4.48. The maximum absolute atomic E-state index is 2.47. The van der Waals surface area contributed by atoms with Gasteiger partial charge in [0.15, 0.2) is 0 Å². The van der Waals surface area contributed by atoms with E-state index >= 15 is 0 Å². The maximum atomic E-state index is 2.47. The molecule has 0 N–H and O–H groups in total. The van der Waals surface area contributed by atoms with Crippen molar-refractivity contribution in [2.45, 2.75) is 39.0 Å². The largest absolute Gasteiger partial charge is 0.0882 e. The Kier molecular flexibility index (Phi) is 1.36. The Morgan fingerprint density at radius 3 is 3.10 bits per heavy atom. The third-order valence-corrected chi connectivity index (χ3v) is 3.41. The van der Waals surface area contributed by atoms with Crippen LogP contribution in [0.3, 0.4) is 0 Å². The van der Waals surface area contributed by atoms with Crippen LogP contribution in [0, 0.1) is 11.3 Å². The van der Waals surface area contributed by atoms with E-state index in [0.29, 0.717) is 5.41 Å². The summed E-state index contributed by atoms with van der Waals surface area (Å²) in [5.74, 6) is 0.932. The second-order valence-electron chi connectivity index (χ2n) is 4.12. The van der Waals surface area contributed by atoms with Gasteiger partial charge in [0.1, 0.15) is 0 Å². The van der Waals surface area contributed by atoms with Crippen molar-refractivity contribution in [2.75, 3.05) is 0 Å². The highest BCUT2D eigenvalue weighted by Crippen LogP contribution is 2.49. The van der Waals surface area contributed by atoms with Crippen LogP contribution < -0.4 is 0 Å². The Morgan fingerprint density at radius 2 is 2.30 bits per heavy atom. The summed E-state index contributed by atoms with van der Waals surface area (Å²) < 4.78 is 0. The Morgan fingerprint density at radius 1 is 1.40 bits per heavy atom. The van der Waals surface area contributed by atoms with E-state index in [4.69, 9.17) is 0 Å². The highest BCUT2D eigenvalue weighted by molar-refractivity contribution is 5.05. The molecule has 0 heteroatoms. The molecule has 1 fully saturated rings. The molecule has 2 aliphatic carbocycles. The summed E-state index contributed by atoms with van der Waals surface area (Å²) in [6.45, 7) is 2.47. The first-order valence-electron chi connectivity index (χ1n) is 4.48. The topological polar surface area (TPSA) is 0 Å². The average molecular weight is 136 g/mol. The van der Waals surface area contributed by atoms with E-state index in [1.165, 1.54) is 32.1 Å². The molecule has 0 heterocycles. The van der Waals surface area contributed by atoms with Crippen LogP contribution >= 0.6 is 0 Å². The molecule has 0 unspecified atom stereocenters. The lowest BCUT2D eigenvalue weighted by atomic mass is 9.73. The van der Waals surface area contributed by atoms with Gasteiger partial charge in [0.25, 0.3) is 0 Å². The third-order valence-electron chi connectivity index (χ3n) is 3.41. The smallest absolute Gasteiger partial charge is 0.0179 e. The summed E-state index contributed by atoms with van der Waals surface area (Å²) in [6, 6.07) is 0. The summed E-state index contributed by atoms with van der Waals surface area (Å²) in [7, 11) is 0. The fourth-order valence-corrected chi connectivity index (χ4v) is 2.57. The van der Waals surface area contributed by atoms with Crippen LogP contribution in [0.15, 0.2) is 12.2 Å². The van der Waals surface area contributed by atoms with E-state index in [2.05, 4.69) is 19.1 Å². The molecular weight excluding hydrogens is 120 g/mol. The molecule has 0 aromatic rings. The van der Waals surface area contributed by atoms with Gasteiger partial charge in [-0.25, -0.2) is 0 Å². The molecule has 2 aliphatic rings.